The Labute approximate surface area is 116 Å². The van der Waals surface area contributed by atoms with Gasteiger partial charge in [-0.2, -0.15) is 0 Å². The van der Waals surface area contributed by atoms with Crippen molar-refractivity contribution in [3.05, 3.63) is 11.6 Å². The lowest BCUT2D eigenvalue weighted by atomic mass is 9.79. The fourth-order valence-electron chi connectivity index (χ4n) is 3.17. The van der Waals surface area contributed by atoms with Crippen molar-refractivity contribution in [1.82, 2.24) is 10.2 Å². The van der Waals surface area contributed by atoms with E-state index < -0.39 is 0 Å². The molecule has 0 bridgehead atoms. The molecule has 0 saturated carbocycles. The number of carbonyl (C=O) groups excluding carboxylic acids is 1. The third kappa shape index (κ3) is 3.57. The Hall–Kier alpha value is -0.870. The highest BCUT2D eigenvalue weighted by Gasteiger charge is 2.30. The Kier molecular flexibility index (Phi) is 4.99. The maximum atomic E-state index is 11.7. The fourth-order valence-corrected chi connectivity index (χ4v) is 3.17. The molecule has 1 heterocycles. The van der Waals surface area contributed by atoms with Crippen LogP contribution in [0.3, 0.4) is 0 Å². The van der Waals surface area contributed by atoms with Gasteiger partial charge in [-0.1, -0.05) is 18.6 Å². The summed E-state index contributed by atoms with van der Waals surface area (Å²) in [4.78, 5) is 14.0. The Bertz CT molecular complexity index is 354. The summed E-state index contributed by atoms with van der Waals surface area (Å²) in [5.74, 6) is 1.37. The van der Waals surface area contributed by atoms with E-state index in [1.807, 2.05) is 0 Å². The summed E-state index contributed by atoms with van der Waals surface area (Å²) in [7, 11) is 1.67. The van der Waals surface area contributed by atoms with E-state index in [-0.39, 0.29) is 12.0 Å². The summed E-state index contributed by atoms with van der Waals surface area (Å²) < 4.78 is 5.54. The van der Waals surface area contributed by atoms with Crippen LogP contribution in [0.15, 0.2) is 11.6 Å². The summed E-state index contributed by atoms with van der Waals surface area (Å²) in [6.45, 7) is 7.96. The molecule has 4 nitrogen and oxygen atoms in total. The van der Waals surface area contributed by atoms with Crippen LogP contribution in [0.5, 0.6) is 0 Å². The van der Waals surface area contributed by atoms with Crippen LogP contribution in [0, 0.1) is 11.8 Å². The molecule has 1 amide bonds. The second kappa shape index (κ2) is 6.53. The lowest BCUT2D eigenvalue weighted by molar-refractivity contribution is -0.138. The van der Waals surface area contributed by atoms with Gasteiger partial charge >= 0.3 is 0 Å². The van der Waals surface area contributed by atoms with Crippen molar-refractivity contribution < 1.29 is 9.53 Å². The first-order valence-electron chi connectivity index (χ1n) is 7.34. The molecule has 0 aromatic heterocycles. The minimum Gasteiger partial charge on any atom is -0.366 e. The zero-order valence-corrected chi connectivity index (χ0v) is 12.3. The van der Waals surface area contributed by atoms with Crippen molar-refractivity contribution in [2.75, 3.05) is 33.3 Å². The minimum absolute atomic E-state index is 0.00587. The molecule has 0 spiro atoms. The molecule has 2 rings (SSSR count). The summed E-state index contributed by atoms with van der Waals surface area (Å²) in [6.07, 6.45) is 4.57. The predicted octanol–water partition coefficient (Wildman–Crippen LogP) is 1.43. The smallest absolute Gasteiger partial charge is 0.250 e. The third-order valence-electron chi connectivity index (χ3n) is 4.50. The number of amides is 1. The molecule has 2 aliphatic rings. The van der Waals surface area contributed by atoms with E-state index in [0.29, 0.717) is 12.5 Å². The number of morpholine rings is 1. The second-order valence-electron chi connectivity index (χ2n) is 5.84. The van der Waals surface area contributed by atoms with E-state index in [1.165, 1.54) is 18.4 Å². The monoisotopic (exact) mass is 266 g/mol. The van der Waals surface area contributed by atoms with Crippen LogP contribution in [0.2, 0.25) is 0 Å². The van der Waals surface area contributed by atoms with Crippen LogP contribution in [0.4, 0.5) is 0 Å². The van der Waals surface area contributed by atoms with Gasteiger partial charge in [0, 0.05) is 26.7 Å². The topological polar surface area (TPSA) is 41.6 Å². The zero-order chi connectivity index (χ0) is 13.8. The van der Waals surface area contributed by atoms with Gasteiger partial charge in [-0.3, -0.25) is 9.69 Å². The van der Waals surface area contributed by atoms with Gasteiger partial charge in [-0.05, 0) is 31.6 Å². The summed E-state index contributed by atoms with van der Waals surface area (Å²) in [6, 6.07) is 0. The van der Waals surface area contributed by atoms with Crippen molar-refractivity contribution >= 4 is 5.91 Å². The highest BCUT2D eigenvalue weighted by atomic mass is 16.5. The third-order valence-corrected chi connectivity index (χ3v) is 4.50. The summed E-state index contributed by atoms with van der Waals surface area (Å²) in [5, 5.41) is 2.67. The fraction of sp³-hybridized carbons (Fsp3) is 0.800. The Morgan fingerprint density at radius 1 is 1.58 bits per heavy atom. The first-order valence-corrected chi connectivity index (χ1v) is 7.34. The molecule has 4 heteroatoms. The number of carbonyl (C=O) groups is 1. The largest absolute Gasteiger partial charge is 0.366 e. The van der Waals surface area contributed by atoms with Crippen LogP contribution in [-0.4, -0.2) is 50.2 Å². The van der Waals surface area contributed by atoms with Gasteiger partial charge in [0.15, 0.2) is 0 Å². The Morgan fingerprint density at radius 3 is 3.05 bits per heavy atom. The number of hydrogen-bond acceptors (Lipinski definition) is 3. The van der Waals surface area contributed by atoms with Crippen molar-refractivity contribution in [1.29, 1.82) is 0 Å². The van der Waals surface area contributed by atoms with Gasteiger partial charge < -0.3 is 10.1 Å². The van der Waals surface area contributed by atoms with Gasteiger partial charge in [0.25, 0.3) is 0 Å². The molecule has 0 aromatic carbocycles. The molecule has 3 atom stereocenters. The van der Waals surface area contributed by atoms with Crippen LogP contribution < -0.4 is 5.32 Å². The van der Waals surface area contributed by atoms with Crippen molar-refractivity contribution in [3.63, 3.8) is 0 Å². The van der Waals surface area contributed by atoms with Crippen molar-refractivity contribution in [2.45, 2.75) is 32.8 Å². The highest BCUT2D eigenvalue weighted by molar-refractivity contribution is 5.80. The summed E-state index contributed by atoms with van der Waals surface area (Å²) >= 11 is 0. The number of ether oxygens (including phenoxy) is 1. The van der Waals surface area contributed by atoms with Crippen LogP contribution in [0.1, 0.15) is 26.7 Å². The maximum absolute atomic E-state index is 11.7. The van der Waals surface area contributed by atoms with Gasteiger partial charge in [-0.15, -0.1) is 0 Å². The van der Waals surface area contributed by atoms with Crippen molar-refractivity contribution in [2.24, 2.45) is 11.8 Å². The first-order chi connectivity index (χ1) is 9.11. The number of nitrogens with one attached hydrogen (secondary N) is 1. The van der Waals surface area contributed by atoms with E-state index in [9.17, 15) is 4.79 Å². The van der Waals surface area contributed by atoms with Gasteiger partial charge in [0.1, 0.15) is 6.10 Å². The van der Waals surface area contributed by atoms with Crippen LogP contribution in [0.25, 0.3) is 0 Å². The highest BCUT2D eigenvalue weighted by Crippen LogP contribution is 2.31. The number of likely N-dealkylation sites (N-methyl/N-ethyl adjacent to an activating group) is 1. The van der Waals surface area contributed by atoms with Crippen LogP contribution >= 0.6 is 0 Å². The van der Waals surface area contributed by atoms with E-state index in [1.54, 1.807) is 7.05 Å². The molecule has 0 radical (unpaired) electrons. The average Bonchev–Trinajstić information content (AvgIpc) is 2.42. The molecule has 108 valence electrons. The number of rotatable bonds is 3. The van der Waals surface area contributed by atoms with Gasteiger partial charge in [0.05, 0.1) is 6.61 Å². The molecular formula is C15H26N2O2. The maximum Gasteiger partial charge on any atom is 0.250 e. The zero-order valence-electron chi connectivity index (χ0n) is 12.3. The molecule has 3 unspecified atom stereocenters. The molecule has 1 N–H and O–H groups in total. The Balaban J connectivity index is 1.93. The van der Waals surface area contributed by atoms with E-state index >= 15 is 0 Å². The lowest BCUT2D eigenvalue weighted by Gasteiger charge is -2.37. The average molecular weight is 266 g/mol. The molecular weight excluding hydrogens is 240 g/mol. The lowest BCUT2D eigenvalue weighted by Crippen LogP contribution is -2.50. The van der Waals surface area contributed by atoms with Crippen molar-refractivity contribution in [3.8, 4) is 0 Å². The molecule has 1 saturated heterocycles. The van der Waals surface area contributed by atoms with E-state index in [2.05, 4.69) is 30.1 Å². The quantitative estimate of drug-likeness (QED) is 0.786. The number of nitrogens with zero attached hydrogens (tertiary/aromatic N) is 1. The molecule has 19 heavy (non-hydrogen) atoms. The molecule has 1 fully saturated rings. The van der Waals surface area contributed by atoms with E-state index in [4.69, 9.17) is 4.74 Å². The first kappa shape index (κ1) is 14.5. The second-order valence-corrected chi connectivity index (χ2v) is 5.84. The molecule has 0 aromatic rings. The van der Waals surface area contributed by atoms with Gasteiger partial charge in [0.2, 0.25) is 5.91 Å². The molecule has 1 aliphatic carbocycles. The predicted molar refractivity (Wildman–Crippen MR) is 75.9 cm³/mol. The Morgan fingerprint density at radius 2 is 2.37 bits per heavy atom. The summed E-state index contributed by atoms with van der Waals surface area (Å²) in [5.41, 5.74) is 1.52. The normalized spacial score (nSPS) is 32.8. The van der Waals surface area contributed by atoms with Gasteiger partial charge in [-0.25, -0.2) is 0 Å². The van der Waals surface area contributed by atoms with Crippen LogP contribution in [-0.2, 0) is 9.53 Å². The minimum atomic E-state index is -0.304. The SMILES string of the molecule is CNC(=O)C1CN(CC2C(C)=CCCC2C)CCO1. The molecule has 1 aliphatic heterocycles. The standard InChI is InChI=1S/C15H26N2O2/c1-11-5-4-6-12(2)13(11)9-17-7-8-19-14(10-17)15(18)16-3/h5,12-14H,4,6-10H2,1-3H3,(H,16,18). The number of allylic oxidation sites excluding steroid dienone is 1. The van der Waals surface area contributed by atoms with E-state index in [0.717, 1.165) is 25.6 Å². The number of hydrogen-bond donors (Lipinski definition) is 1.